The minimum Gasteiger partial charge on any atom is -0.507 e. The monoisotopic (exact) mass is 293 g/mol. The van der Waals surface area contributed by atoms with Crippen molar-refractivity contribution in [3.8, 4) is 5.75 Å². The number of rotatable bonds is 4. The van der Waals surface area contributed by atoms with Crippen molar-refractivity contribution in [2.75, 3.05) is 6.54 Å². The lowest BCUT2D eigenvalue weighted by Gasteiger charge is -2.07. The van der Waals surface area contributed by atoms with E-state index >= 15 is 0 Å². The highest BCUT2D eigenvalue weighted by atomic mass is 35.5. The van der Waals surface area contributed by atoms with Crippen LogP contribution in [0.5, 0.6) is 5.75 Å². The van der Waals surface area contributed by atoms with E-state index in [0.717, 1.165) is 5.56 Å². The van der Waals surface area contributed by atoms with E-state index in [-0.39, 0.29) is 17.1 Å². The van der Waals surface area contributed by atoms with Gasteiger partial charge in [-0.2, -0.15) is 0 Å². The Morgan fingerprint density at radius 3 is 2.75 bits per heavy atom. The zero-order chi connectivity index (χ0) is 14.5. The summed E-state index contributed by atoms with van der Waals surface area (Å²) in [6, 6.07) is 10.5. The van der Waals surface area contributed by atoms with E-state index in [9.17, 15) is 14.3 Å². The summed E-state index contributed by atoms with van der Waals surface area (Å²) in [5, 5.41) is 12.6. The molecular weight excluding hydrogens is 281 g/mol. The Balaban J connectivity index is 1.92. The first kappa shape index (κ1) is 14.3. The summed E-state index contributed by atoms with van der Waals surface area (Å²) in [4.78, 5) is 11.8. The quantitative estimate of drug-likeness (QED) is 0.910. The van der Waals surface area contributed by atoms with E-state index in [0.29, 0.717) is 18.0 Å². The van der Waals surface area contributed by atoms with Gasteiger partial charge in [0.05, 0.1) is 5.56 Å². The number of phenolic OH excluding ortho intramolecular Hbond substituents is 1. The maximum absolute atomic E-state index is 13.0. The molecule has 104 valence electrons. The fraction of sp³-hybridized carbons (Fsp3) is 0.133. The van der Waals surface area contributed by atoms with E-state index in [1.807, 2.05) is 0 Å². The number of carbonyl (C=O) groups is 1. The Morgan fingerprint density at radius 1 is 1.25 bits per heavy atom. The van der Waals surface area contributed by atoms with Crippen LogP contribution in [0.3, 0.4) is 0 Å². The first-order chi connectivity index (χ1) is 9.56. The largest absolute Gasteiger partial charge is 0.507 e. The average Bonchev–Trinajstić information content (AvgIpc) is 2.38. The highest BCUT2D eigenvalue weighted by Crippen LogP contribution is 2.21. The van der Waals surface area contributed by atoms with Gasteiger partial charge in [-0.1, -0.05) is 23.7 Å². The molecule has 0 aromatic heterocycles. The van der Waals surface area contributed by atoms with Gasteiger partial charge in [0.1, 0.15) is 11.6 Å². The van der Waals surface area contributed by atoms with Crippen molar-refractivity contribution in [2.24, 2.45) is 0 Å². The maximum atomic E-state index is 13.0. The molecule has 0 unspecified atom stereocenters. The van der Waals surface area contributed by atoms with Crippen molar-refractivity contribution < 1.29 is 14.3 Å². The third-order valence-corrected chi connectivity index (χ3v) is 3.03. The SMILES string of the molecule is O=C(NCCc1cccc(F)c1)c1ccc(Cl)cc1O. The van der Waals surface area contributed by atoms with Crippen LogP contribution in [0, 0.1) is 5.82 Å². The highest BCUT2D eigenvalue weighted by Gasteiger charge is 2.10. The van der Waals surface area contributed by atoms with E-state index in [1.54, 1.807) is 12.1 Å². The molecule has 2 N–H and O–H groups in total. The number of amides is 1. The van der Waals surface area contributed by atoms with Gasteiger partial charge in [0.15, 0.2) is 0 Å². The topological polar surface area (TPSA) is 49.3 Å². The minimum absolute atomic E-state index is 0.161. The molecule has 0 saturated carbocycles. The molecule has 0 aliphatic carbocycles. The van der Waals surface area contributed by atoms with E-state index in [1.165, 1.54) is 30.3 Å². The number of hydrogen-bond donors (Lipinski definition) is 2. The van der Waals surface area contributed by atoms with Crippen molar-refractivity contribution in [1.29, 1.82) is 0 Å². The lowest BCUT2D eigenvalue weighted by molar-refractivity contribution is 0.0951. The predicted molar refractivity (Wildman–Crippen MR) is 75.6 cm³/mol. The molecule has 3 nitrogen and oxygen atoms in total. The third-order valence-electron chi connectivity index (χ3n) is 2.79. The normalized spacial score (nSPS) is 10.3. The molecule has 0 fully saturated rings. The fourth-order valence-corrected chi connectivity index (χ4v) is 1.97. The summed E-state index contributed by atoms with van der Waals surface area (Å²) in [7, 11) is 0. The van der Waals surface area contributed by atoms with Gasteiger partial charge < -0.3 is 10.4 Å². The molecule has 20 heavy (non-hydrogen) atoms. The third kappa shape index (κ3) is 3.71. The van der Waals surface area contributed by atoms with Crippen LogP contribution in [0.4, 0.5) is 4.39 Å². The van der Waals surface area contributed by atoms with Gasteiger partial charge in [0.25, 0.3) is 5.91 Å². The molecule has 0 bridgehead atoms. The minimum atomic E-state index is -0.393. The number of hydrogen-bond acceptors (Lipinski definition) is 2. The van der Waals surface area contributed by atoms with Crippen molar-refractivity contribution in [3.05, 3.63) is 64.4 Å². The summed E-state index contributed by atoms with van der Waals surface area (Å²) in [5.74, 6) is -0.861. The molecule has 0 saturated heterocycles. The first-order valence-electron chi connectivity index (χ1n) is 6.07. The average molecular weight is 294 g/mol. The molecule has 2 rings (SSSR count). The van der Waals surface area contributed by atoms with Crippen LogP contribution in [-0.2, 0) is 6.42 Å². The number of nitrogens with one attached hydrogen (secondary N) is 1. The standard InChI is InChI=1S/C15H13ClFNO2/c16-11-4-5-13(14(19)9-11)15(20)18-7-6-10-2-1-3-12(17)8-10/h1-5,8-9,19H,6-7H2,(H,18,20). The fourth-order valence-electron chi connectivity index (χ4n) is 1.80. The molecule has 5 heteroatoms. The van der Waals surface area contributed by atoms with Crippen LogP contribution < -0.4 is 5.32 Å². The van der Waals surface area contributed by atoms with Gasteiger partial charge in [0.2, 0.25) is 0 Å². The van der Waals surface area contributed by atoms with Crippen molar-refractivity contribution in [2.45, 2.75) is 6.42 Å². The van der Waals surface area contributed by atoms with Gasteiger partial charge in [-0.3, -0.25) is 4.79 Å². The Kier molecular flexibility index (Phi) is 4.58. The van der Waals surface area contributed by atoms with Crippen LogP contribution in [0.15, 0.2) is 42.5 Å². The second-order valence-electron chi connectivity index (χ2n) is 4.30. The van der Waals surface area contributed by atoms with Gasteiger partial charge in [-0.05, 0) is 42.3 Å². The lowest BCUT2D eigenvalue weighted by atomic mass is 10.1. The smallest absolute Gasteiger partial charge is 0.255 e. The second kappa shape index (κ2) is 6.39. The van der Waals surface area contributed by atoms with Gasteiger partial charge in [-0.15, -0.1) is 0 Å². The number of halogens is 2. The van der Waals surface area contributed by atoms with Gasteiger partial charge in [-0.25, -0.2) is 4.39 Å². The molecule has 2 aromatic rings. The van der Waals surface area contributed by atoms with Crippen LogP contribution in [0.2, 0.25) is 5.02 Å². The molecule has 0 aliphatic rings. The summed E-state index contributed by atoms with van der Waals surface area (Å²) in [6.07, 6.45) is 0.512. The highest BCUT2D eigenvalue weighted by molar-refractivity contribution is 6.30. The Morgan fingerprint density at radius 2 is 2.05 bits per heavy atom. The van der Waals surface area contributed by atoms with E-state index < -0.39 is 5.91 Å². The van der Waals surface area contributed by atoms with Crippen LogP contribution in [0.25, 0.3) is 0 Å². The summed E-state index contributed by atoms with van der Waals surface area (Å²) >= 11 is 5.69. The molecule has 0 atom stereocenters. The number of benzene rings is 2. The first-order valence-corrected chi connectivity index (χ1v) is 6.45. The molecule has 2 aromatic carbocycles. The Bertz CT molecular complexity index is 631. The number of carbonyl (C=O) groups excluding carboxylic acids is 1. The Labute approximate surface area is 121 Å². The lowest BCUT2D eigenvalue weighted by Crippen LogP contribution is -2.25. The molecule has 0 aliphatic heterocycles. The molecule has 0 radical (unpaired) electrons. The number of aromatic hydroxyl groups is 1. The second-order valence-corrected chi connectivity index (χ2v) is 4.73. The van der Waals surface area contributed by atoms with E-state index in [2.05, 4.69) is 5.32 Å². The molecule has 0 heterocycles. The van der Waals surface area contributed by atoms with Gasteiger partial charge in [0, 0.05) is 11.6 Å². The van der Waals surface area contributed by atoms with Crippen molar-refractivity contribution in [1.82, 2.24) is 5.32 Å². The van der Waals surface area contributed by atoms with Gasteiger partial charge >= 0.3 is 0 Å². The molecule has 0 spiro atoms. The van der Waals surface area contributed by atoms with E-state index in [4.69, 9.17) is 11.6 Å². The van der Waals surface area contributed by atoms with Crippen LogP contribution in [-0.4, -0.2) is 17.6 Å². The number of phenols is 1. The molecular formula is C15H13ClFNO2. The van der Waals surface area contributed by atoms with Crippen LogP contribution >= 0.6 is 11.6 Å². The zero-order valence-electron chi connectivity index (χ0n) is 10.6. The summed E-state index contributed by atoms with van der Waals surface area (Å²) in [6.45, 7) is 0.352. The maximum Gasteiger partial charge on any atom is 0.255 e. The van der Waals surface area contributed by atoms with Crippen molar-refractivity contribution >= 4 is 17.5 Å². The summed E-state index contributed by atoms with van der Waals surface area (Å²) in [5.41, 5.74) is 0.958. The Hall–Kier alpha value is -2.07. The zero-order valence-corrected chi connectivity index (χ0v) is 11.3. The summed E-state index contributed by atoms with van der Waals surface area (Å²) < 4.78 is 13.0. The predicted octanol–water partition coefficient (Wildman–Crippen LogP) is 3.16. The van der Waals surface area contributed by atoms with Crippen LogP contribution in [0.1, 0.15) is 15.9 Å². The molecule has 1 amide bonds. The van der Waals surface area contributed by atoms with Crippen molar-refractivity contribution in [3.63, 3.8) is 0 Å².